The van der Waals surface area contributed by atoms with Crippen LogP contribution in [-0.4, -0.2) is 70.4 Å². The molecular weight excluding hydrogens is 624 g/mol. The summed E-state index contributed by atoms with van der Waals surface area (Å²) >= 11 is 0. The summed E-state index contributed by atoms with van der Waals surface area (Å²) in [6.07, 6.45) is 1.39. The second-order valence-corrected chi connectivity index (χ2v) is 16.2. The Labute approximate surface area is 279 Å². The average molecular weight is 671 g/mol. The first kappa shape index (κ1) is 33.3. The molecule has 12 nitrogen and oxygen atoms in total. The predicted molar refractivity (Wildman–Crippen MR) is 163 cm³/mol. The monoisotopic (exact) mass is 670 g/mol. The maximum absolute atomic E-state index is 15.6. The number of hydrogen-bond acceptors (Lipinski definition) is 12. The average Bonchev–Trinajstić information content (AvgIpc) is 3.30. The molecule has 1 aromatic rings. The summed E-state index contributed by atoms with van der Waals surface area (Å²) in [7, 11) is 1.27. The largest absolute Gasteiger partial charge is 0.472 e. The molecule has 12 atom stereocenters. The van der Waals surface area contributed by atoms with Gasteiger partial charge in [0.2, 0.25) is 11.4 Å². The standard InChI is InChI=1S/C36H46O12/c1-9-19(4)29(41)46-27-25(39)36(47-28(40)18(2)3)33(42)17-30(27,5)22(14-23(37)43-8)32(33,7)21-10-12-31(6)26(20-11-13-44-16-20)45-24(38)15-34(31)35(21,36)48-34/h11,13,16,18-19,21-22,26-27,42H,9-10,12,14-15,17H2,1-8H3/t19-,21+,22-,26-,27+,30-,31-,32+,33+,34-,35+,36+/m0/s1. The van der Waals surface area contributed by atoms with Gasteiger partial charge in [-0.25, -0.2) is 0 Å². The number of hydrogen-bond donors (Lipinski definition) is 1. The lowest BCUT2D eigenvalue weighted by Gasteiger charge is -2.56. The third-order valence-electron chi connectivity index (χ3n) is 14.0. The Morgan fingerprint density at radius 1 is 1.10 bits per heavy atom. The highest BCUT2D eigenvalue weighted by Crippen LogP contribution is 2.90. The number of epoxide rings is 1. The van der Waals surface area contributed by atoms with Crippen LogP contribution < -0.4 is 0 Å². The van der Waals surface area contributed by atoms with Gasteiger partial charge in [-0.1, -0.05) is 48.5 Å². The fourth-order valence-corrected chi connectivity index (χ4v) is 11.5. The van der Waals surface area contributed by atoms with E-state index in [1.54, 1.807) is 33.8 Å². The normalized spacial score (nSPS) is 47.0. The van der Waals surface area contributed by atoms with Crippen LogP contribution >= 0.6 is 0 Å². The van der Waals surface area contributed by atoms with Gasteiger partial charge < -0.3 is 33.2 Å². The minimum Gasteiger partial charge on any atom is -0.472 e. The van der Waals surface area contributed by atoms with Gasteiger partial charge in [-0.2, -0.15) is 0 Å². The Hall–Kier alpha value is -3.25. The van der Waals surface area contributed by atoms with Crippen LogP contribution in [0.25, 0.3) is 0 Å². The lowest BCUT2D eigenvalue weighted by atomic mass is 9.47. The van der Waals surface area contributed by atoms with Crippen LogP contribution in [0.1, 0.15) is 98.7 Å². The van der Waals surface area contributed by atoms with Crippen molar-refractivity contribution in [3.63, 3.8) is 0 Å². The molecule has 0 unspecified atom stereocenters. The minimum atomic E-state index is -2.38. The van der Waals surface area contributed by atoms with Gasteiger partial charge >= 0.3 is 23.9 Å². The molecule has 1 N–H and O–H groups in total. The Bertz CT molecular complexity index is 1600. The number of cyclic esters (lactones) is 1. The van der Waals surface area contributed by atoms with E-state index >= 15 is 4.79 Å². The van der Waals surface area contributed by atoms with E-state index < -0.39 is 104 Å². The van der Waals surface area contributed by atoms with Gasteiger partial charge in [0.15, 0.2) is 11.7 Å². The molecule has 2 aliphatic heterocycles. The van der Waals surface area contributed by atoms with Crippen molar-refractivity contribution in [3.05, 3.63) is 24.2 Å². The minimum absolute atomic E-state index is 0.127. The van der Waals surface area contributed by atoms with E-state index in [1.165, 1.54) is 19.6 Å². The van der Waals surface area contributed by atoms with Crippen molar-refractivity contribution in [2.45, 2.75) is 122 Å². The van der Waals surface area contributed by atoms with Crippen molar-refractivity contribution in [2.24, 2.45) is 39.9 Å². The van der Waals surface area contributed by atoms with Crippen molar-refractivity contribution in [2.75, 3.05) is 7.11 Å². The highest BCUT2D eigenvalue weighted by molar-refractivity contribution is 6.02. The molecule has 1 aromatic heterocycles. The molecule has 0 aromatic carbocycles. The third kappa shape index (κ3) is 3.37. The topological polar surface area (TPSA) is 168 Å². The summed E-state index contributed by atoms with van der Waals surface area (Å²) in [5, 5.41) is 13.5. The molecule has 262 valence electrons. The van der Waals surface area contributed by atoms with E-state index in [9.17, 15) is 24.3 Å². The number of ether oxygens (including phenoxy) is 5. The fourth-order valence-electron chi connectivity index (χ4n) is 11.5. The van der Waals surface area contributed by atoms with Gasteiger partial charge in [0, 0.05) is 34.1 Å². The highest BCUT2D eigenvalue weighted by Gasteiger charge is 3.05. The first-order valence-corrected chi connectivity index (χ1v) is 17.1. The molecule has 3 heterocycles. The number of Topliss-reactive ketones (excluding diaryl/α,β-unsaturated/α-hetero) is 1. The molecule has 4 aliphatic carbocycles. The molecule has 6 fully saturated rings. The Balaban J connectivity index is 1.52. The number of ketones is 1. The second-order valence-electron chi connectivity index (χ2n) is 16.2. The number of carbonyl (C=O) groups excluding carboxylic acids is 5. The van der Waals surface area contributed by atoms with E-state index in [2.05, 4.69) is 0 Å². The summed E-state index contributed by atoms with van der Waals surface area (Å²) < 4.78 is 36.2. The van der Waals surface area contributed by atoms with Crippen LogP contribution in [0.2, 0.25) is 0 Å². The van der Waals surface area contributed by atoms with E-state index in [-0.39, 0.29) is 19.3 Å². The van der Waals surface area contributed by atoms with Crippen LogP contribution in [0.5, 0.6) is 0 Å². The fraction of sp³-hybridized carbons (Fsp3) is 0.750. The smallest absolute Gasteiger partial charge is 0.309 e. The van der Waals surface area contributed by atoms with Crippen LogP contribution in [-0.2, 0) is 47.7 Å². The van der Waals surface area contributed by atoms with Crippen molar-refractivity contribution >= 4 is 29.7 Å². The summed E-state index contributed by atoms with van der Waals surface area (Å²) in [6.45, 7) is 12.3. The molecule has 2 bridgehead atoms. The van der Waals surface area contributed by atoms with Crippen molar-refractivity contribution in [1.82, 2.24) is 0 Å². The number of methoxy groups -OCH3 is 1. The molecule has 12 heteroatoms. The molecule has 4 saturated carbocycles. The summed E-state index contributed by atoms with van der Waals surface area (Å²) in [5.74, 6) is -5.96. The first-order chi connectivity index (χ1) is 22.4. The maximum Gasteiger partial charge on any atom is 0.309 e. The molecule has 2 spiro atoms. The molecule has 2 saturated heterocycles. The third-order valence-corrected chi connectivity index (χ3v) is 14.0. The number of aliphatic hydroxyl groups is 1. The van der Waals surface area contributed by atoms with Gasteiger partial charge in [0.25, 0.3) is 0 Å². The van der Waals surface area contributed by atoms with Crippen LogP contribution in [0, 0.1) is 39.9 Å². The van der Waals surface area contributed by atoms with Crippen LogP contribution in [0.3, 0.4) is 0 Å². The van der Waals surface area contributed by atoms with Gasteiger partial charge in [-0.05, 0) is 37.7 Å². The first-order valence-electron chi connectivity index (χ1n) is 17.1. The molecular formula is C36H46O12. The number of esters is 4. The van der Waals surface area contributed by atoms with Gasteiger partial charge in [-0.15, -0.1) is 0 Å². The summed E-state index contributed by atoms with van der Waals surface area (Å²) in [4.78, 5) is 69.9. The Kier molecular flexibility index (Phi) is 6.88. The van der Waals surface area contributed by atoms with Gasteiger partial charge in [-0.3, -0.25) is 24.0 Å². The predicted octanol–water partition coefficient (Wildman–Crippen LogP) is 4.01. The quantitative estimate of drug-likeness (QED) is 0.240. The van der Waals surface area contributed by atoms with Gasteiger partial charge in [0.1, 0.15) is 17.3 Å². The number of furan rings is 1. The van der Waals surface area contributed by atoms with E-state index in [1.807, 2.05) is 20.8 Å². The van der Waals surface area contributed by atoms with E-state index in [0.717, 1.165) is 0 Å². The molecule has 0 radical (unpaired) electrons. The molecule has 7 rings (SSSR count). The van der Waals surface area contributed by atoms with Crippen LogP contribution in [0.15, 0.2) is 23.0 Å². The summed E-state index contributed by atoms with van der Waals surface area (Å²) in [6, 6.07) is 1.71. The summed E-state index contributed by atoms with van der Waals surface area (Å²) in [5.41, 5.74) is -10.5. The molecule has 6 aliphatic rings. The molecule has 48 heavy (non-hydrogen) atoms. The maximum atomic E-state index is 15.6. The van der Waals surface area contributed by atoms with Crippen molar-refractivity contribution < 1.29 is 57.2 Å². The number of rotatable bonds is 8. The second kappa shape index (κ2) is 9.93. The van der Waals surface area contributed by atoms with Crippen molar-refractivity contribution in [3.8, 4) is 0 Å². The van der Waals surface area contributed by atoms with Crippen LogP contribution in [0.4, 0.5) is 0 Å². The van der Waals surface area contributed by atoms with Gasteiger partial charge in [0.05, 0.1) is 37.9 Å². The van der Waals surface area contributed by atoms with E-state index in [0.29, 0.717) is 24.8 Å². The zero-order chi connectivity index (χ0) is 35.0. The Morgan fingerprint density at radius 2 is 1.81 bits per heavy atom. The zero-order valence-electron chi connectivity index (χ0n) is 28.9. The number of fused-ring (bicyclic) bond motifs is 2. The van der Waals surface area contributed by atoms with Crippen molar-refractivity contribution in [1.29, 1.82) is 0 Å². The highest BCUT2D eigenvalue weighted by atomic mass is 16.7. The SMILES string of the molecule is CC[C@H](C)C(=O)O[C@@H]1C(=O)[C@@]2(OC(=O)C(C)C)[C@@]3(O)C[C@@]1(C)[C@H](CC(=O)OC)[C@@]3(C)[C@H]1CC[C@@]3(C)[C@H](c4ccoc4)OC(=O)C[C@]34O[C@]142. The zero-order valence-corrected chi connectivity index (χ0v) is 28.9. The number of carbonyl (C=O) groups is 5. The molecule has 0 amide bonds. The Morgan fingerprint density at radius 3 is 2.42 bits per heavy atom. The lowest BCUT2D eigenvalue weighted by molar-refractivity contribution is -0.234. The lowest BCUT2D eigenvalue weighted by Crippen LogP contribution is -2.76. The van der Waals surface area contributed by atoms with E-state index in [4.69, 9.17) is 28.1 Å².